The van der Waals surface area contributed by atoms with E-state index >= 15 is 0 Å². The summed E-state index contributed by atoms with van der Waals surface area (Å²) < 4.78 is 9.24. The first-order valence-electron chi connectivity index (χ1n) is 4.12. The number of amides is 1. The summed E-state index contributed by atoms with van der Waals surface area (Å²) in [6, 6.07) is 0. The van der Waals surface area contributed by atoms with Gasteiger partial charge in [-0.2, -0.15) is 0 Å². The van der Waals surface area contributed by atoms with Crippen molar-refractivity contribution in [3.63, 3.8) is 0 Å². The first-order chi connectivity index (χ1) is 6.20. The van der Waals surface area contributed by atoms with E-state index in [1.165, 1.54) is 7.11 Å². The molecule has 0 bridgehead atoms. The van der Waals surface area contributed by atoms with Crippen LogP contribution in [0, 0.1) is 0 Å². The average molecular weight is 189 g/mol. The largest absolute Gasteiger partial charge is 0.469 e. The Balaban J connectivity index is 3.31. The van der Waals surface area contributed by atoms with Crippen LogP contribution in [0.3, 0.4) is 0 Å². The Bertz CT molecular complexity index is 170. The second-order valence-electron chi connectivity index (χ2n) is 2.31. The fourth-order valence-electron chi connectivity index (χ4n) is 0.652. The molecule has 0 aliphatic rings. The minimum atomic E-state index is -0.336. The second kappa shape index (κ2) is 7.54. The minimum absolute atomic E-state index is 0.0394. The van der Waals surface area contributed by atoms with Crippen LogP contribution in [-0.4, -0.2) is 38.7 Å². The van der Waals surface area contributed by atoms with Crippen molar-refractivity contribution in [2.75, 3.05) is 26.9 Å². The van der Waals surface area contributed by atoms with Crippen molar-refractivity contribution in [3.8, 4) is 0 Å². The Morgan fingerprint density at radius 1 is 1.38 bits per heavy atom. The van der Waals surface area contributed by atoms with E-state index < -0.39 is 0 Å². The Morgan fingerprint density at radius 3 is 2.62 bits per heavy atom. The molecule has 0 aromatic heterocycles. The average Bonchev–Trinajstić information content (AvgIpc) is 2.14. The van der Waals surface area contributed by atoms with Gasteiger partial charge in [0.15, 0.2) is 0 Å². The molecule has 5 nitrogen and oxygen atoms in total. The SMILES string of the molecule is CCOCC(=O)NCCC(=O)OC. The molecule has 1 N–H and O–H groups in total. The summed E-state index contributed by atoms with van der Waals surface area (Å²) in [6.07, 6.45) is 0.189. The lowest BCUT2D eigenvalue weighted by atomic mass is 10.4. The van der Waals surface area contributed by atoms with Crippen LogP contribution in [0.15, 0.2) is 0 Å². The van der Waals surface area contributed by atoms with E-state index in [9.17, 15) is 9.59 Å². The lowest BCUT2D eigenvalue weighted by Gasteiger charge is -2.03. The molecule has 0 heterocycles. The zero-order chi connectivity index (χ0) is 10.1. The molecule has 0 spiro atoms. The van der Waals surface area contributed by atoms with Crippen molar-refractivity contribution in [2.45, 2.75) is 13.3 Å². The van der Waals surface area contributed by atoms with Crippen molar-refractivity contribution < 1.29 is 19.1 Å². The number of ether oxygens (including phenoxy) is 2. The number of hydrogen-bond acceptors (Lipinski definition) is 4. The van der Waals surface area contributed by atoms with Gasteiger partial charge in [-0.15, -0.1) is 0 Å². The van der Waals surface area contributed by atoms with Gasteiger partial charge in [0.05, 0.1) is 13.5 Å². The highest BCUT2D eigenvalue weighted by atomic mass is 16.5. The normalized spacial score (nSPS) is 9.38. The fraction of sp³-hybridized carbons (Fsp3) is 0.750. The van der Waals surface area contributed by atoms with Crippen LogP contribution in [0.1, 0.15) is 13.3 Å². The zero-order valence-electron chi connectivity index (χ0n) is 7.96. The molecule has 0 aromatic carbocycles. The smallest absolute Gasteiger partial charge is 0.307 e. The Hall–Kier alpha value is -1.10. The van der Waals surface area contributed by atoms with E-state index in [4.69, 9.17) is 4.74 Å². The lowest BCUT2D eigenvalue weighted by Crippen LogP contribution is -2.29. The predicted octanol–water partition coefficient (Wildman–Crippen LogP) is -0.298. The van der Waals surface area contributed by atoms with Gasteiger partial charge in [0.2, 0.25) is 5.91 Å². The molecule has 0 radical (unpaired) electrons. The van der Waals surface area contributed by atoms with Gasteiger partial charge < -0.3 is 14.8 Å². The van der Waals surface area contributed by atoms with Gasteiger partial charge in [-0.3, -0.25) is 9.59 Å². The molecule has 0 saturated heterocycles. The number of nitrogens with one attached hydrogen (secondary N) is 1. The number of rotatable bonds is 6. The predicted molar refractivity (Wildman–Crippen MR) is 46.1 cm³/mol. The molecule has 0 atom stereocenters. The maximum Gasteiger partial charge on any atom is 0.307 e. The van der Waals surface area contributed by atoms with Crippen molar-refractivity contribution in [1.82, 2.24) is 5.32 Å². The molecular weight excluding hydrogens is 174 g/mol. The van der Waals surface area contributed by atoms with Crippen molar-refractivity contribution in [1.29, 1.82) is 0 Å². The third kappa shape index (κ3) is 7.27. The first kappa shape index (κ1) is 11.9. The molecule has 13 heavy (non-hydrogen) atoms. The highest BCUT2D eigenvalue weighted by Crippen LogP contribution is 1.81. The Labute approximate surface area is 77.4 Å². The highest BCUT2D eigenvalue weighted by Gasteiger charge is 2.02. The quantitative estimate of drug-likeness (QED) is 0.583. The van der Waals surface area contributed by atoms with Crippen LogP contribution in [0.2, 0.25) is 0 Å². The highest BCUT2D eigenvalue weighted by molar-refractivity contribution is 5.78. The summed E-state index contributed by atoms with van der Waals surface area (Å²) in [5, 5.41) is 2.52. The summed E-state index contributed by atoms with van der Waals surface area (Å²) in [5.74, 6) is -0.553. The summed E-state index contributed by atoms with van der Waals surface area (Å²) in [5.41, 5.74) is 0. The maximum absolute atomic E-state index is 10.9. The third-order valence-electron chi connectivity index (χ3n) is 1.32. The van der Waals surface area contributed by atoms with Gasteiger partial charge in [-0.05, 0) is 6.92 Å². The lowest BCUT2D eigenvalue weighted by molar-refractivity contribution is -0.140. The van der Waals surface area contributed by atoms with Crippen molar-refractivity contribution in [3.05, 3.63) is 0 Å². The Kier molecular flexibility index (Phi) is 6.91. The van der Waals surface area contributed by atoms with E-state index in [1.54, 1.807) is 0 Å². The minimum Gasteiger partial charge on any atom is -0.469 e. The molecule has 0 aliphatic heterocycles. The molecule has 0 rings (SSSR count). The van der Waals surface area contributed by atoms with Gasteiger partial charge in [-0.25, -0.2) is 0 Å². The molecule has 0 aromatic rings. The molecule has 0 saturated carbocycles. The van der Waals surface area contributed by atoms with Crippen LogP contribution in [0.4, 0.5) is 0 Å². The monoisotopic (exact) mass is 189 g/mol. The number of carbonyl (C=O) groups is 2. The molecule has 5 heteroatoms. The van der Waals surface area contributed by atoms with Gasteiger partial charge >= 0.3 is 5.97 Å². The molecule has 0 fully saturated rings. The molecule has 1 amide bonds. The number of hydrogen-bond donors (Lipinski definition) is 1. The zero-order valence-corrected chi connectivity index (χ0v) is 7.96. The molecular formula is C8H15NO4. The number of methoxy groups -OCH3 is 1. The van der Waals surface area contributed by atoms with Gasteiger partial charge in [0.25, 0.3) is 0 Å². The summed E-state index contributed by atoms with van der Waals surface area (Å²) >= 11 is 0. The van der Waals surface area contributed by atoms with Crippen LogP contribution in [0.5, 0.6) is 0 Å². The van der Waals surface area contributed by atoms with Gasteiger partial charge in [0, 0.05) is 13.2 Å². The summed E-state index contributed by atoms with van der Waals surface area (Å²) in [4.78, 5) is 21.5. The first-order valence-corrected chi connectivity index (χ1v) is 4.12. The molecule has 0 unspecified atom stereocenters. The van der Waals surface area contributed by atoms with Gasteiger partial charge in [0.1, 0.15) is 6.61 Å². The summed E-state index contributed by atoms with van der Waals surface area (Å²) in [6.45, 7) is 2.64. The van der Waals surface area contributed by atoms with Gasteiger partial charge in [-0.1, -0.05) is 0 Å². The Morgan fingerprint density at radius 2 is 2.08 bits per heavy atom. The topological polar surface area (TPSA) is 64.6 Å². The molecule has 0 aliphatic carbocycles. The van der Waals surface area contributed by atoms with E-state index in [0.29, 0.717) is 13.2 Å². The number of esters is 1. The summed E-state index contributed by atoms with van der Waals surface area (Å²) in [7, 11) is 1.31. The number of carbonyl (C=O) groups excluding carboxylic acids is 2. The fourth-order valence-corrected chi connectivity index (χ4v) is 0.652. The van der Waals surface area contributed by atoms with E-state index in [0.717, 1.165) is 0 Å². The van der Waals surface area contributed by atoms with Crippen LogP contribution in [0.25, 0.3) is 0 Å². The van der Waals surface area contributed by atoms with Crippen molar-refractivity contribution in [2.24, 2.45) is 0 Å². The second-order valence-corrected chi connectivity index (χ2v) is 2.31. The van der Waals surface area contributed by atoms with E-state index in [1.807, 2.05) is 6.92 Å². The van der Waals surface area contributed by atoms with Crippen molar-refractivity contribution >= 4 is 11.9 Å². The van der Waals surface area contributed by atoms with E-state index in [2.05, 4.69) is 10.1 Å². The van der Waals surface area contributed by atoms with Crippen LogP contribution in [-0.2, 0) is 19.1 Å². The standard InChI is InChI=1S/C8H15NO4/c1-3-13-6-7(10)9-5-4-8(11)12-2/h3-6H2,1-2H3,(H,9,10). The van der Waals surface area contributed by atoms with E-state index in [-0.39, 0.29) is 24.9 Å². The third-order valence-corrected chi connectivity index (χ3v) is 1.32. The molecule has 76 valence electrons. The van der Waals surface area contributed by atoms with Crippen LogP contribution < -0.4 is 5.32 Å². The van der Waals surface area contributed by atoms with Crippen LogP contribution >= 0.6 is 0 Å². The maximum atomic E-state index is 10.9.